The van der Waals surface area contributed by atoms with Gasteiger partial charge in [0.1, 0.15) is 121 Å². The lowest BCUT2D eigenvalue weighted by Crippen LogP contribution is -2.69. The maximum atomic E-state index is 13.9. The molecule has 1 aromatic rings. The summed E-state index contributed by atoms with van der Waals surface area (Å²) in [5.41, 5.74) is 0.0600. The normalized spacial score (nSPS) is 32.5. The summed E-state index contributed by atoms with van der Waals surface area (Å²) in [5.74, 6) is -3.42. The fraction of sp³-hybridized carbons (Fsp3) is 0.800. The zero-order valence-electron chi connectivity index (χ0n) is 58.4. The summed E-state index contributed by atoms with van der Waals surface area (Å²) in [4.78, 5) is 64.5. The van der Waals surface area contributed by atoms with Crippen LogP contribution in [0.1, 0.15) is 111 Å². The molecule has 0 bridgehead atoms. The van der Waals surface area contributed by atoms with Crippen LogP contribution < -0.4 is 31.3 Å². The number of methoxy groups -OCH3 is 1. The lowest BCUT2D eigenvalue weighted by atomic mass is 9.94. The van der Waals surface area contributed by atoms with Crippen molar-refractivity contribution in [2.75, 3.05) is 60.0 Å². The third kappa shape index (κ3) is 25.4. The lowest BCUT2D eigenvalue weighted by molar-refractivity contribution is -0.345. The first-order chi connectivity index (χ1) is 48.1. The van der Waals surface area contributed by atoms with Crippen LogP contribution in [-0.2, 0) is 76.0 Å². The van der Waals surface area contributed by atoms with Gasteiger partial charge in [0.05, 0.1) is 71.2 Å². The minimum atomic E-state index is -2.00. The fourth-order valence-electron chi connectivity index (χ4n) is 11.8. The number of hydrogen-bond acceptors (Lipinski definition) is 31. The molecule has 4 saturated heterocycles. The largest absolute Gasteiger partial charge is 0.494 e. The second kappa shape index (κ2) is 43.5. The fourth-order valence-corrected chi connectivity index (χ4v) is 11.8. The Morgan fingerprint density at radius 3 is 1.67 bits per heavy atom. The van der Waals surface area contributed by atoms with Crippen molar-refractivity contribution < 1.29 is 152 Å². The predicted octanol–water partition coefficient (Wildman–Crippen LogP) is -5.44. The van der Waals surface area contributed by atoms with Gasteiger partial charge in [0, 0.05) is 40.4 Å². The van der Waals surface area contributed by atoms with Crippen LogP contribution in [-0.4, -0.2) is 328 Å². The molecule has 18 N–H and O–H groups in total. The average Bonchev–Trinajstić information content (AvgIpc) is 0.785. The van der Waals surface area contributed by atoms with Crippen LogP contribution in [0.25, 0.3) is 0 Å². The molecule has 101 heavy (non-hydrogen) atoms. The van der Waals surface area contributed by atoms with Crippen LogP contribution in [0.5, 0.6) is 5.75 Å². The van der Waals surface area contributed by atoms with Gasteiger partial charge in [0.15, 0.2) is 37.7 Å². The first kappa shape index (κ1) is 86.7. The van der Waals surface area contributed by atoms with Gasteiger partial charge in [-0.1, -0.05) is 44.4 Å². The minimum Gasteiger partial charge on any atom is -0.494 e. The van der Waals surface area contributed by atoms with E-state index in [0.29, 0.717) is 18.8 Å². The minimum absolute atomic E-state index is 0.0600. The van der Waals surface area contributed by atoms with E-state index in [2.05, 4.69) is 45.7 Å². The Balaban J connectivity index is 1.36. The Kier molecular flexibility index (Phi) is 37.4. The smallest absolute Gasteiger partial charge is 0.251 e. The molecule has 0 aromatic heterocycles. The average molecular weight is 1460 g/mol. The number of allylic oxidation sites excluding steroid dienone is 2. The summed E-state index contributed by atoms with van der Waals surface area (Å²) >= 11 is 0. The topological polar surface area (TPSA) is 528 Å². The molecule has 4 aliphatic heterocycles. The van der Waals surface area contributed by atoms with Crippen LogP contribution in [0.4, 0.5) is 0 Å². The van der Waals surface area contributed by atoms with E-state index in [1.807, 2.05) is 0 Å². The summed E-state index contributed by atoms with van der Waals surface area (Å²) in [6.45, 7) is 4.74. The third-order valence-electron chi connectivity index (χ3n) is 17.4. The van der Waals surface area contributed by atoms with Crippen molar-refractivity contribution in [1.29, 1.82) is 0 Å². The molecule has 36 nitrogen and oxygen atoms in total. The Bertz CT molecular complexity index is 2660. The van der Waals surface area contributed by atoms with Crippen molar-refractivity contribution in [3.05, 3.63) is 42.0 Å². The van der Waals surface area contributed by atoms with Gasteiger partial charge in [-0.25, -0.2) is 0 Å². The molecule has 5 rings (SSSR count). The molecular weight excluding hydrogens is 1350 g/mol. The third-order valence-corrected chi connectivity index (χ3v) is 17.4. The molecule has 0 spiro atoms. The highest BCUT2D eigenvalue weighted by Gasteiger charge is 2.54. The van der Waals surface area contributed by atoms with E-state index in [1.165, 1.54) is 52.9 Å². The number of aliphatic hydroxyl groups excluding tert-OH is 13. The highest BCUT2D eigenvalue weighted by molar-refractivity contribution is 5.94. The first-order valence-corrected chi connectivity index (χ1v) is 34.0. The van der Waals surface area contributed by atoms with Gasteiger partial charge in [-0.2, -0.15) is 0 Å². The Labute approximate surface area is 586 Å². The number of aliphatic hydroxyl groups is 13. The van der Waals surface area contributed by atoms with Crippen LogP contribution >= 0.6 is 0 Å². The molecule has 36 heteroatoms. The van der Waals surface area contributed by atoms with Crippen LogP contribution in [0.15, 0.2) is 36.4 Å². The molecule has 28 atom stereocenters. The summed E-state index contributed by atoms with van der Waals surface area (Å²) in [6.07, 6.45) is -26.5. The second-order valence-corrected chi connectivity index (χ2v) is 25.3. The van der Waals surface area contributed by atoms with E-state index in [0.717, 1.165) is 53.4 Å². The van der Waals surface area contributed by atoms with Gasteiger partial charge in [-0.3, -0.25) is 24.0 Å². The van der Waals surface area contributed by atoms with Crippen LogP contribution in [0.2, 0.25) is 0 Å². The van der Waals surface area contributed by atoms with Gasteiger partial charge in [-0.05, 0) is 64.7 Å². The summed E-state index contributed by atoms with van der Waals surface area (Å²) < 4.78 is 78.3. The number of amides is 5. The number of ether oxygens (including phenoxy) is 13. The Hall–Kier alpha value is -4.89. The van der Waals surface area contributed by atoms with Gasteiger partial charge < -0.3 is 155 Å². The molecule has 14 unspecified atom stereocenters. The Morgan fingerprint density at radius 2 is 1.12 bits per heavy atom. The lowest BCUT2D eigenvalue weighted by Gasteiger charge is -2.48. The molecule has 1 aromatic carbocycles. The molecule has 4 heterocycles. The van der Waals surface area contributed by atoms with Crippen molar-refractivity contribution in [2.45, 2.75) is 272 Å². The quantitative estimate of drug-likeness (QED) is 0.0165. The van der Waals surface area contributed by atoms with Crippen molar-refractivity contribution in [1.82, 2.24) is 26.6 Å². The van der Waals surface area contributed by atoms with Crippen LogP contribution in [0.3, 0.4) is 0 Å². The highest BCUT2D eigenvalue weighted by Crippen LogP contribution is 2.34. The number of unbranched alkanes of at least 4 members (excludes halogenated alkanes) is 5. The van der Waals surface area contributed by atoms with Crippen molar-refractivity contribution >= 4 is 29.5 Å². The maximum absolute atomic E-state index is 13.9. The molecule has 0 radical (unpaired) electrons. The molecule has 4 aliphatic rings. The van der Waals surface area contributed by atoms with E-state index >= 15 is 0 Å². The van der Waals surface area contributed by atoms with E-state index in [4.69, 9.17) is 61.6 Å². The standard InChI is InChI=1S/C65H109N5O31/c1-10-11-12-13-14-15-16-17-18-22-90-39-21-19-20-38(23-39)59(87)70-47-52(83)51(82)43(27-74)97-64(47)101-57-45(29-76)99-62(49(54(57)85)69-37(8)80)92-31(2)42(26-73)96-61(41(25-72)67-35(6)78)100-56-44(28-75)98-63(48(53(56)84)68-36(7)79)93-32(3)46(95-60(88)40(24-71)66-34(5)77)30-91-65-58(89-9)55(86)50(81)33(4)94-65/h15-16,19-21,23,31-33,40-58,60-65,71-76,81-86,88H,10-14,17-18,22,24-30H2,1-9H3,(H,66,77)(H,67,78)(H,68,79)(H,69,80)(H,70,87)/b16-15-/t31?,32?,33?,40-,41-,42?,43?,44-,45-,46?,47-,48?,49?,50?,51+,52+,53?,54?,55-,56+,57+,58+,60?,61-,62+,63?,64?,65+/m0/s1. The molecule has 4 fully saturated rings. The number of nitrogens with one attached hydrogen (secondary N) is 5. The number of hydrogen-bond donors (Lipinski definition) is 18. The van der Waals surface area contributed by atoms with E-state index in [9.17, 15) is 90.4 Å². The molecular formula is C65H109N5O31. The monoisotopic (exact) mass is 1460 g/mol. The van der Waals surface area contributed by atoms with E-state index in [-0.39, 0.29) is 5.56 Å². The van der Waals surface area contributed by atoms with E-state index in [1.54, 1.807) is 12.1 Å². The molecule has 0 aliphatic carbocycles. The van der Waals surface area contributed by atoms with Gasteiger partial charge in [-0.15, -0.1) is 0 Å². The van der Waals surface area contributed by atoms with Gasteiger partial charge >= 0.3 is 0 Å². The van der Waals surface area contributed by atoms with Crippen LogP contribution in [0, 0.1) is 0 Å². The summed E-state index contributed by atoms with van der Waals surface area (Å²) in [5, 5.41) is 155. The zero-order chi connectivity index (χ0) is 74.8. The van der Waals surface area contributed by atoms with Gasteiger partial charge in [0.25, 0.3) is 5.91 Å². The van der Waals surface area contributed by atoms with Crippen molar-refractivity contribution in [3.63, 3.8) is 0 Å². The maximum Gasteiger partial charge on any atom is 0.251 e. The molecule has 0 saturated carbocycles. The number of carbonyl (C=O) groups excluding carboxylic acids is 5. The number of benzene rings is 1. The molecule has 5 amide bonds. The van der Waals surface area contributed by atoms with E-state index < -0.39 is 248 Å². The molecule has 580 valence electrons. The zero-order valence-corrected chi connectivity index (χ0v) is 58.4. The Morgan fingerprint density at radius 1 is 0.564 bits per heavy atom. The predicted molar refractivity (Wildman–Crippen MR) is 347 cm³/mol. The van der Waals surface area contributed by atoms with Crippen molar-refractivity contribution in [2.24, 2.45) is 0 Å². The second-order valence-electron chi connectivity index (χ2n) is 25.3. The first-order valence-electron chi connectivity index (χ1n) is 34.0. The summed E-state index contributed by atoms with van der Waals surface area (Å²) in [6, 6.07) is -1.84. The SMILES string of the molecule is CCCCCC/C=C\CCCOc1cccc(C(=O)N[C@@H]2C(O[C@H]3C(O)C(NC(C)=O)[C@H](OC(C)C(CO)O[C@@H](O[C@H]4C(O)C(NC(C)=O)C(OC(C)C(CO[C@@H]5OC(C)C(O)[C@H](O)[C@H]5OC)OC(O)[C@H](CO)NC(C)=O)O[C@H]4CO)[C@H](CO)NC(C)=O)O[C@H]3CO)OC(CO)[C@@H](O)[C@@H]2O)c1. The highest BCUT2D eigenvalue weighted by atomic mass is 16.8. The summed E-state index contributed by atoms with van der Waals surface area (Å²) in [7, 11) is 1.22. The van der Waals surface area contributed by atoms with Gasteiger partial charge in [0.2, 0.25) is 23.6 Å². The van der Waals surface area contributed by atoms with Crippen molar-refractivity contribution in [3.8, 4) is 5.75 Å². The number of carbonyl (C=O) groups is 5. The number of rotatable bonds is 42.